The van der Waals surface area contributed by atoms with E-state index >= 15 is 0 Å². The molecule has 0 saturated carbocycles. The number of nitrogens with zero attached hydrogens (tertiary/aromatic N) is 1. The second-order valence-electron chi connectivity index (χ2n) is 4.46. The number of aromatic nitrogens is 1. The molecule has 0 aliphatic heterocycles. The lowest BCUT2D eigenvalue weighted by Gasteiger charge is -2.16. The first-order valence-electron chi connectivity index (χ1n) is 6.61. The van der Waals surface area contributed by atoms with Crippen molar-refractivity contribution in [3.63, 3.8) is 0 Å². The number of esters is 1. The van der Waals surface area contributed by atoms with Gasteiger partial charge in [0.05, 0.1) is 32.0 Å². The number of carbonyl (C=O) groups is 1. The van der Waals surface area contributed by atoms with Gasteiger partial charge in [0.25, 0.3) is 0 Å². The van der Waals surface area contributed by atoms with E-state index in [0.717, 1.165) is 11.3 Å². The number of hydrogen-bond acceptors (Lipinski definition) is 5. The lowest BCUT2D eigenvalue weighted by molar-refractivity contribution is -0.142. The Morgan fingerprint density at radius 3 is 2.52 bits per heavy atom. The van der Waals surface area contributed by atoms with Gasteiger partial charge in [0.1, 0.15) is 0 Å². The van der Waals surface area contributed by atoms with Crippen LogP contribution in [-0.4, -0.2) is 31.7 Å². The number of benzene rings is 1. The van der Waals surface area contributed by atoms with Crippen molar-refractivity contribution in [1.29, 1.82) is 0 Å². The summed E-state index contributed by atoms with van der Waals surface area (Å²) in [5.41, 5.74) is 1.74. The van der Waals surface area contributed by atoms with Crippen molar-refractivity contribution < 1.29 is 14.3 Å². The maximum absolute atomic E-state index is 11.9. The van der Waals surface area contributed by atoms with Crippen molar-refractivity contribution in [1.82, 2.24) is 4.98 Å². The molecule has 2 aromatic rings. The smallest absolute Gasteiger partial charge is 0.314 e. The van der Waals surface area contributed by atoms with Crippen LogP contribution in [0.25, 0.3) is 0 Å². The van der Waals surface area contributed by atoms with Crippen LogP contribution in [0.2, 0.25) is 0 Å². The van der Waals surface area contributed by atoms with Gasteiger partial charge in [-0.1, -0.05) is 30.3 Å². The molecule has 0 aliphatic carbocycles. The summed E-state index contributed by atoms with van der Waals surface area (Å²) in [6, 6.07) is 13.2. The number of pyridine rings is 1. The number of methoxy groups -OCH3 is 2. The Labute approximate surface area is 123 Å². The van der Waals surface area contributed by atoms with E-state index in [1.165, 1.54) is 7.11 Å². The van der Waals surface area contributed by atoms with Crippen LogP contribution in [0.5, 0.6) is 5.88 Å². The van der Waals surface area contributed by atoms with Crippen molar-refractivity contribution in [2.45, 2.75) is 5.92 Å². The Bertz CT molecular complexity index is 570. The Morgan fingerprint density at radius 1 is 1.19 bits per heavy atom. The van der Waals surface area contributed by atoms with Gasteiger partial charge in [-0.25, -0.2) is 4.98 Å². The minimum Gasteiger partial charge on any atom is -0.481 e. The average molecular weight is 286 g/mol. The highest BCUT2D eigenvalue weighted by molar-refractivity contribution is 5.78. The van der Waals surface area contributed by atoms with Crippen LogP contribution in [0, 0.1) is 0 Å². The highest BCUT2D eigenvalue weighted by Gasteiger charge is 2.20. The minimum absolute atomic E-state index is 0.268. The number of anilines is 1. The molecule has 0 bridgehead atoms. The first-order valence-corrected chi connectivity index (χ1v) is 6.61. The van der Waals surface area contributed by atoms with Gasteiger partial charge in [-0.2, -0.15) is 0 Å². The first-order chi connectivity index (χ1) is 10.2. The predicted octanol–water partition coefficient (Wildman–Crippen LogP) is 2.46. The molecular formula is C16H18N2O3. The van der Waals surface area contributed by atoms with E-state index in [-0.39, 0.29) is 11.9 Å². The highest BCUT2D eigenvalue weighted by atomic mass is 16.5. The summed E-state index contributed by atoms with van der Waals surface area (Å²) in [7, 11) is 2.96. The molecule has 0 fully saturated rings. The molecule has 5 nitrogen and oxygen atoms in total. The van der Waals surface area contributed by atoms with Crippen LogP contribution in [0.3, 0.4) is 0 Å². The van der Waals surface area contributed by atoms with Crippen LogP contribution in [-0.2, 0) is 9.53 Å². The Kier molecular flexibility index (Phi) is 5.15. The highest BCUT2D eigenvalue weighted by Crippen LogP contribution is 2.19. The summed E-state index contributed by atoms with van der Waals surface area (Å²) in [5.74, 6) is -0.0819. The quantitative estimate of drug-likeness (QED) is 0.827. The molecule has 5 heteroatoms. The number of rotatable bonds is 6. The van der Waals surface area contributed by atoms with Crippen LogP contribution >= 0.6 is 0 Å². The van der Waals surface area contributed by atoms with Gasteiger partial charge in [-0.05, 0) is 11.6 Å². The van der Waals surface area contributed by atoms with E-state index in [1.54, 1.807) is 19.4 Å². The molecule has 0 spiro atoms. The fourth-order valence-corrected chi connectivity index (χ4v) is 1.99. The summed E-state index contributed by atoms with van der Waals surface area (Å²) >= 11 is 0. The zero-order valence-corrected chi connectivity index (χ0v) is 12.1. The van der Waals surface area contributed by atoms with Crippen LogP contribution < -0.4 is 10.1 Å². The van der Waals surface area contributed by atoms with Gasteiger partial charge < -0.3 is 14.8 Å². The third kappa shape index (κ3) is 3.95. The van der Waals surface area contributed by atoms with Gasteiger partial charge in [0, 0.05) is 12.6 Å². The lowest BCUT2D eigenvalue weighted by atomic mass is 9.99. The molecule has 1 aromatic carbocycles. The zero-order chi connectivity index (χ0) is 15.1. The molecule has 2 rings (SSSR count). The Balaban J connectivity index is 2.07. The molecule has 1 atom stereocenters. The molecule has 1 heterocycles. The SMILES string of the molecule is COC(=O)C(CNc1ccc(OC)nc1)c1ccccc1. The van der Waals surface area contributed by atoms with Gasteiger partial charge in [-0.15, -0.1) is 0 Å². The summed E-state index contributed by atoms with van der Waals surface area (Å²) < 4.78 is 9.88. The number of ether oxygens (including phenoxy) is 2. The molecule has 1 unspecified atom stereocenters. The largest absolute Gasteiger partial charge is 0.481 e. The van der Waals surface area contributed by atoms with Crippen molar-refractivity contribution in [3.05, 3.63) is 54.2 Å². The topological polar surface area (TPSA) is 60.5 Å². The molecule has 0 saturated heterocycles. The number of nitrogens with one attached hydrogen (secondary N) is 1. The molecule has 21 heavy (non-hydrogen) atoms. The van der Waals surface area contributed by atoms with E-state index in [0.29, 0.717) is 12.4 Å². The van der Waals surface area contributed by atoms with Crippen molar-refractivity contribution in [2.75, 3.05) is 26.1 Å². The minimum atomic E-state index is -0.363. The molecule has 0 aliphatic rings. The van der Waals surface area contributed by atoms with Gasteiger partial charge >= 0.3 is 5.97 Å². The monoisotopic (exact) mass is 286 g/mol. The molecule has 0 radical (unpaired) electrons. The van der Waals surface area contributed by atoms with E-state index in [1.807, 2.05) is 36.4 Å². The summed E-state index contributed by atoms with van der Waals surface area (Å²) in [5, 5.41) is 3.19. The normalized spacial score (nSPS) is 11.5. The number of hydrogen-bond donors (Lipinski definition) is 1. The van der Waals surface area contributed by atoms with Crippen LogP contribution in [0.15, 0.2) is 48.7 Å². The van der Waals surface area contributed by atoms with Crippen molar-refractivity contribution in [3.8, 4) is 5.88 Å². The lowest BCUT2D eigenvalue weighted by Crippen LogP contribution is -2.22. The van der Waals surface area contributed by atoms with E-state index < -0.39 is 0 Å². The van der Waals surface area contributed by atoms with E-state index in [9.17, 15) is 4.79 Å². The molecule has 110 valence electrons. The Morgan fingerprint density at radius 2 is 1.95 bits per heavy atom. The third-order valence-corrected chi connectivity index (χ3v) is 3.14. The Hall–Kier alpha value is -2.56. The fraction of sp³-hybridized carbons (Fsp3) is 0.250. The molecule has 0 amide bonds. The summed E-state index contributed by atoms with van der Waals surface area (Å²) in [6.07, 6.45) is 1.66. The number of carbonyl (C=O) groups excluding carboxylic acids is 1. The second-order valence-corrected chi connectivity index (χ2v) is 4.46. The summed E-state index contributed by atoms with van der Waals surface area (Å²) in [6.45, 7) is 0.435. The molecule has 1 N–H and O–H groups in total. The van der Waals surface area contributed by atoms with Crippen molar-refractivity contribution >= 4 is 11.7 Å². The zero-order valence-electron chi connectivity index (χ0n) is 12.1. The second kappa shape index (κ2) is 7.28. The average Bonchev–Trinajstić information content (AvgIpc) is 2.56. The molecular weight excluding hydrogens is 268 g/mol. The van der Waals surface area contributed by atoms with E-state index in [2.05, 4.69) is 10.3 Å². The van der Waals surface area contributed by atoms with E-state index in [4.69, 9.17) is 9.47 Å². The van der Waals surface area contributed by atoms with Crippen molar-refractivity contribution in [2.24, 2.45) is 0 Å². The van der Waals surface area contributed by atoms with Crippen LogP contribution in [0.1, 0.15) is 11.5 Å². The first kappa shape index (κ1) is 14.8. The molecule has 1 aromatic heterocycles. The standard InChI is InChI=1S/C16H18N2O3/c1-20-15-9-8-13(10-18-15)17-11-14(16(19)21-2)12-6-4-3-5-7-12/h3-10,14,17H,11H2,1-2H3. The maximum Gasteiger partial charge on any atom is 0.314 e. The third-order valence-electron chi connectivity index (χ3n) is 3.14. The predicted molar refractivity (Wildman–Crippen MR) is 80.5 cm³/mol. The van der Waals surface area contributed by atoms with Gasteiger partial charge in [0.15, 0.2) is 0 Å². The summed E-state index contributed by atoms with van der Waals surface area (Å²) in [4.78, 5) is 16.0. The maximum atomic E-state index is 11.9. The fourth-order valence-electron chi connectivity index (χ4n) is 1.99. The van der Waals surface area contributed by atoms with Crippen LogP contribution in [0.4, 0.5) is 5.69 Å². The van der Waals surface area contributed by atoms with Gasteiger partial charge in [-0.3, -0.25) is 4.79 Å². The van der Waals surface area contributed by atoms with Gasteiger partial charge in [0.2, 0.25) is 5.88 Å².